The zero-order chi connectivity index (χ0) is 17.8. The first-order valence-corrected chi connectivity index (χ1v) is 8.34. The number of nitrogens with one attached hydrogen (secondary N) is 1. The lowest BCUT2D eigenvalue weighted by Gasteiger charge is -2.17. The third kappa shape index (κ3) is 3.99. The first-order chi connectivity index (χ1) is 12.1. The number of hydrogen-bond acceptors (Lipinski definition) is 3. The average Bonchev–Trinajstić information content (AvgIpc) is 3.02. The van der Waals surface area contributed by atoms with Crippen molar-refractivity contribution in [3.8, 4) is 5.75 Å². The van der Waals surface area contributed by atoms with Gasteiger partial charge in [0.1, 0.15) is 5.75 Å². The van der Waals surface area contributed by atoms with E-state index in [0.717, 1.165) is 22.6 Å². The van der Waals surface area contributed by atoms with E-state index in [1.807, 2.05) is 55.5 Å². The maximum atomic E-state index is 12.4. The smallest absolute Gasteiger partial charge is 0.227 e. The Hall–Kier alpha value is -2.82. The number of carbonyl (C=O) groups is 2. The summed E-state index contributed by atoms with van der Waals surface area (Å²) in [7, 11) is 1.61. The summed E-state index contributed by atoms with van der Waals surface area (Å²) in [6.07, 6.45) is 0.248. The minimum absolute atomic E-state index is 0.00890. The van der Waals surface area contributed by atoms with E-state index in [1.165, 1.54) is 0 Å². The summed E-state index contributed by atoms with van der Waals surface area (Å²) in [6.45, 7) is 2.85. The molecule has 3 rings (SSSR count). The van der Waals surface area contributed by atoms with Crippen LogP contribution in [-0.2, 0) is 16.1 Å². The molecule has 1 N–H and O–H groups in total. The molecule has 2 aromatic rings. The van der Waals surface area contributed by atoms with Gasteiger partial charge in [0.05, 0.1) is 13.0 Å². The van der Waals surface area contributed by atoms with Crippen LogP contribution in [-0.4, -0.2) is 25.5 Å². The molecule has 2 amide bonds. The molecule has 1 saturated heterocycles. The Labute approximate surface area is 147 Å². The van der Waals surface area contributed by atoms with Crippen LogP contribution in [0.2, 0.25) is 0 Å². The summed E-state index contributed by atoms with van der Waals surface area (Å²) in [5.41, 5.74) is 2.95. The van der Waals surface area contributed by atoms with E-state index in [2.05, 4.69) is 5.32 Å². The number of benzene rings is 2. The molecule has 0 aliphatic carbocycles. The van der Waals surface area contributed by atoms with Gasteiger partial charge < -0.3 is 15.0 Å². The number of ether oxygens (including phenoxy) is 1. The van der Waals surface area contributed by atoms with Crippen molar-refractivity contribution in [2.45, 2.75) is 19.9 Å². The van der Waals surface area contributed by atoms with Crippen LogP contribution >= 0.6 is 0 Å². The first kappa shape index (κ1) is 17.0. The zero-order valence-electron chi connectivity index (χ0n) is 14.5. The lowest BCUT2D eigenvalue weighted by atomic mass is 10.1. The highest BCUT2D eigenvalue weighted by Crippen LogP contribution is 2.25. The summed E-state index contributed by atoms with van der Waals surface area (Å²) >= 11 is 0. The molecular weight excluding hydrogens is 316 g/mol. The highest BCUT2D eigenvalue weighted by molar-refractivity contribution is 6.00. The average molecular weight is 338 g/mol. The van der Waals surface area contributed by atoms with Gasteiger partial charge in [-0.2, -0.15) is 0 Å². The number of anilines is 1. The Bertz CT molecular complexity index is 771. The fourth-order valence-corrected chi connectivity index (χ4v) is 2.97. The van der Waals surface area contributed by atoms with Crippen LogP contribution in [0.25, 0.3) is 0 Å². The van der Waals surface area contributed by atoms with Gasteiger partial charge in [-0.1, -0.05) is 29.8 Å². The summed E-state index contributed by atoms with van der Waals surface area (Å²) in [5, 5.41) is 2.92. The molecule has 1 aliphatic heterocycles. The maximum absolute atomic E-state index is 12.4. The molecule has 130 valence electrons. The van der Waals surface area contributed by atoms with Crippen LogP contribution in [0.3, 0.4) is 0 Å². The summed E-state index contributed by atoms with van der Waals surface area (Å²) in [5.74, 6) is 0.337. The van der Waals surface area contributed by atoms with Gasteiger partial charge in [0.15, 0.2) is 0 Å². The van der Waals surface area contributed by atoms with E-state index < -0.39 is 0 Å². The highest BCUT2D eigenvalue weighted by Gasteiger charge is 2.34. The Kier molecular flexibility index (Phi) is 5.03. The molecule has 0 bridgehead atoms. The van der Waals surface area contributed by atoms with Crippen LogP contribution in [0, 0.1) is 12.8 Å². The topological polar surface area (TPSA) is 58.6 Å². The van der Waals surface area contributed by atoms with Crippen molar-refractivity contribution in [2.75, 3.05) is 18.6 Å². The summed E-state index contributed by atoms with van der Waals surface area (Å²) in [6, 6.07) is 15.4. The number of methoxy groups -OCH3 is 1. The third-order valence-corrected chi connectivity index (χ3v) is 4.44. The summed E-state index contributed by atoms with van der Waals surface area (Å²) in [4.78, 5) is 26.4. The molecule has 1 fully saturated rings. The number of nitrogens with zero attached hydrogens (tertiary/aromatic N) is 1. The van der Waals surface area contributed by atoms with E-state index in [0.29, 0.717) is 13.1 Å². The van der Waals surface area contributed by atoms with Crippen molar-refractivity contribution in [1.82, 2.24) is 5.32 Å². The molecule has 1 aliphatic rings. The quantitative estimate of drug-likeness (QED) is 0.912. The number of amides is 2. The van der Waals surface area contributed by atoms with Gasteiger partial charge in [0.2, 0.25) is 11.8 Å². The zero-order valence-corrected chi connectivity index (χ0v) is 14.5. The van der Waals surface area contributed by atoms with Crippen LogP contribution in [0.4, 0.5) is 5.69 Å². The number of aryl methyl sites for hydroxylation is 1. The monoisotopic (exact) mass is 338 g/mol. The highest BCUT2D eigenvalue weighted by atomic mass is 16.5. The predicted octanol–water partition coefficient (Wildman–Crippen LogP) is 2.67. The van der Waals surface area contributed by atoms with Gasteiger partial charge in [-0.25, -0.2) is 0 Å². The standard InChI is InChI=1S/C20H22N2O3/c1-14-6-8-17(9-7-14)22-13-16(11-19(22)23)20(24)21-12-15-4-3-5-18(10-15)25-2/h3-10,16H,11-13H2,1-2H3,(H,21,24)/t16-/m1/s1. The van der Waals surface area contributed by atoms with Gasteiger partial charge in [0, 0.05) is 25.2 Å². The van der Waals surface area contributed by atoms with E-state index in [1.54, 1.807) is 12.0 Å². The molecule has 5 nitrogen and oxygen atoms in total. The largest absolute Gasteiger partial charge is 0.497 e. The molecule has 0 radical (unpaired) electrons. The minimum Gasteiger partial charge on any atom is -0.497 e. The second-order valence-electron chi connectivity index (χ2n) is 6.31. The predicted molar refractivity (Wildman–Crippen MR) is 96.5 cm³/mol. The Morgan fingerprint density at radius 2 is 2.00 bits per heavy atom. The molecule has 0 spiro atoms. The summed E-state index contributed by atoms with van der Waals surface area (Å²) < 4.78 is 5.18. The van der Waals surface area contributed by atoms with Crippen molar-refractivity contribution in [3.05, 3.63) is 59.7 Å². The third-order valence-electron chi connectivity index (χ3n) is 4.44. The SMILES string of the molecule is COc1cccc(CNC(=O)[C@@H]2CC(=O)N(c3ccc(C)cc3)C2)c1. The van der Waals surface area contributed by atoms with Crippen molar-refractivity contribution < 1.29 is 14.3 Å². The van der Waals surface area contributed by atoms with Gasteiger partial charge in [-0.05, 0) is 36.8 Å². The van der Waals surface area contributed by atoms with Crippen LogP contribution in [0.15, 0.2) is 48.5 Å². The second kappa shape index (κ2) is 7.38. The van der Waals surface area contributed by atoms with Crippen molar-refractivity contribution in [2.24, 2.45) is 5.92 Å². The molecule has 1 heterocycles. The minimum atomic E-state index is -0.320. The first-order valence-electron chi connectivity index (χ1n) is 8.34. The molecule has 5 heteroatoms. The molecule has 0 aromatic heterocycles. The van der Waals surface area contributed by atoms with E-state index >= 15 is 0 Å². The number of carbonyl (C=O) groups excluding carboxylic acids is 2. The molecule has 0 unspecified atom stereocenters. The second-order valence-corrected chi connectivity index (χ2v) is 6.31. The Balaban J connectivity index is 1.59. The maximum Gasteiger partial charge on any atom is 0.227 e. The molecule has 1 atom stereocenters. The van der Waals surface area contributed by atoms with Crippen LogP contribution in [0.5, 0.6) is 5.75 Å². The Morgan fingerprint density at radius 1 is 1.24 bits per heavy atom. The van der Waals surface area contributed by atoms with Gasteiger partial charge in [-0.3, -0.25) is 9.59 Å². The van der Waals surface area contributed by atoms with Gasteiger partial charge >= 0.3 is 0 Å². The molecule has 2 aromatic carbocycles. The fraction of sp³-hybridized carbons (Fsp3) is 0.300. The van der Waals surface area contributed by atoms with Crippen LogP contribution < -0.4 is 15.0 Å². The Morgan fingerprint density at radius 3 is 2.72 bits per heavy atom. The van der Waals surface area contributed by atoms with E-state index in [9.17, 15) is 9.59 Å². The van der Waals surface area contributed by atoms with E-state index in [4.69, 9.17) is 4.74 Å². The molecule has 25 heavy (non-hydrogen) atoms. The number of rotatable bonds is 5. The van der Waals surface area contributed by atoms with Crippen molar-refractivity contribution in [3.63, 3.8) is 0 Å². The molecule has 0 saturated carbocycles. The van der Waals surface area contributed by atoms with Gasteiger partial charge in [-0.15, -0.1) is 0 Å². The van der Waals surface area contributed by atoms with Crippen LogP contribution in [0.1, 0.15) is 17.5 Å². The fourth-order valence-electron chi connectivity index (χ4n) is 2.97. The number of hydrogen-bond donors (Lipinski definition) is 1. The van der Waals surface area contributed by atoms with Gasteiger partial charge in [0.25, 0.3) is 0 Å². The van der Waals surface area contributed by atoms with Crippen molar-refractivity contribution in [1.29, 1.82) is 0 Å². The lowest BCUT2D eigenvalue weighted by molar-refractivity contribution is -0.126. The molecular formula is C20H22N2O3. The normalized spacial score (nSPS) is 16.8. The van der Waals surface area contributed by atoms with E-state index in [-0.39, 0.29) is 24.2 Å². The lowest BCUT2D eigenvalue weighted by Crippen LogP contribution is -2.32. The van der Waals surface area contributed by atoms with Crippen molar-refractivity contribution >= 4 is 17.5 Å².